The number of rotatable bonds is 5. The largest absolute Gasteiger partial charge is 0.497 e. The van der Waals surface area contributed by atoms with Crippen molar-refractivity contribution in [3.63, 3.8) is 0 Å². The summed E-state index contributed by atoms with van der Waals surface area (Å²) in [5.74, 6) is 0.890. The average molecular weight is 347 g/mol. The van der Waals surface area contributed by atoms with Crippen molar-refractivity contribution in [3.8, 4) is 5.75 Å². The van der Waals surface area contributed by atoms with E-state index < -0.39 is 0 Å². The molecule has 3 nitrogen and oxygen atoms in total. The van der Waals surface area contributed by atoms with Gasteiger partial charge in [0.2, 0.25) is 0 Å². The number of ether oxygens (including phenoxy) is 2. The van der Waals surface area contributed by atoms with E-state index in [2.05, 4.69) is 53.5 Å². The summed E-state index contributed by atoms with van der Waals surface area (Å²) in [6.45, 7) is 4.91. The fourth-order valence-electron chi connectivity index (χ4n) is 3.67. The van der Waals surface area contributed by atoms with Crippen molar-refractivity contribution in [2.75, 3.05) is 40.0 Å². The van der Waals surface area contributed by atoms with Gasteiger partial charge in [0, 0.05) is 19.6 Å². The molecule has 1 aliphatic carbocycles. The Morgan fingerprint density at radius 1 is 1.00 bits per heavy atom. The molecule has 1 saturated heterocycles. The van der Waals surface area contributed by atoms with E-state index in [1.807, 2.05) is 12.1 Å². The van der Waals surface area contributed by atoms with Crippen molar-refractivity contribution in [1.82, 2.24) is 4.90 Å². The predicted octanol–water partition coefficient (Wildman–Crippen LogP) is 4.36. The number of benzene rings is 2. The standard InChI is InChI=1S/C23H25NO2/c1-25-21-8-6-18(7-9-21)16-20-17-19(22-4-2-3-5-23(20)22)10-11-24-12-14-26-15-13-24/h2-9,16-17H,10-15H2,1H3. The van der Waals surface area contributed by atoms with Crippen LogP contribution in [0.5, 0.6) is 5.75 Å². The molecule has 0 atom stereocenters. The summed E-state index contributed by atoms with van der Waals surface area (Å²) >= 11 is 0. The highest BCUT2D eigenvalue weighted by atomic mass is 16.5. The van der Waals surface area contributed by atoms with Crippen LogP contribution in [0.15, 0.2) is 54.6 Å². The Balaban J connectivity index is 1.56. The highest BCUT2D eigenvalue weighted by Gasteiger charge is 2.19. The lowest BCUT2D eigenvalue weighted by Crippen LogP contribution is -2.36. The molecule has 1 aliphatic heterocycles. The zero-order chi connectivity index (χ0) is 17.8. The highest BCUT2D eigenvalue weighted by molar-refractivity contribution is 6.01. The van der Waals surface area contributed by atoms with E-state index in [9.17, 15) is 0 Å². The zero-order valence-corrected chi connectivity index (χ0v) is 15.3. The molecular weight excluding hydrogens is 322 g/mol. The van der Waals surface area contributed by atoms with Crippen LogP contribution in [0, 0.1) is 0 Å². The smallest absolute Gasteiger partial charge is 0.118 e. The van der Waals surface area contributed by atoms with Gasteiger partial charge in [-0.1, -0.05) is 42.5 Å². The van der Waals surface area contributed by atoms with Crippen molar-refractivity contribution in [3.05, 3.63) is 71.3 Å². The van der Waals surface area contributed by atoms with Crippen LogP contribution in [0.3, 0.4) is 0 Å². The SMILES string of the molecule is COc1ccc(C=C2C=C(CCN3CCOCC3)c3ccccc32)cc1. The van der Waals surface area contributed by atoms with Gasteiger partial charge in [-0.3, -0.25) is 4.90 Å². The molecule has 1 heterocycles. The number of nitrogens with zero attached hydrogens (tertiary/aromatic N) is 1. The Bertz CT molecular complexity index is 814. The Kier molecular flexibility index (Phi) is 5.19. The molecular formula is C23H25NO2. The van der Waals surface area contributed by atoms with E-state index in [1.54, 1.807) is 7.11 Å². The fraction of sp³-hybridized carbons (Fsp3) is 0.304. The first-order chi connectivity index (χ1) is 12.8. The van der Waals surface area contributed by atoms with Crippen LogP contribution in [0.2, 0.25) is 0 Å². The Morgan fingerprint density at radius 2 is 1.73 bits per heavy atom. The summed E-state index contributed by atoms with van der Waals surface area (Å²) in [6.07, 6.45) is 5.70. The van der Waals surface area contributed by atoms with Crippen molar-refractivity contribution < 1.29 is 9.47 Å². The van der Waals surface area contributed by atoms with Crippen molar-refractivity contribution in [1.29, 1.82) is 0 Å². The molecule has 2 aromatic rings. The first-order valence-electron chi connectivity index (χ1n) is 9.30. The maximum atomic E-state index is 5.45. The number of allylic oxidation sites excluding steroid dienone is 2. The third-order valence-electron chi connectivity index (χ3n) is 5.15. The summed E-state index contributed by atoms with van der Waals surface area (Å²) < 4.78 is 10.7. The predicted molar refractivity (Wildman–Crippen MR) is 107 cm³/mol. The van der Waals surface area contributed by atoms with Crippen LogP contribution >= 0.6 is 0 Å². The van der Waals surface area contributed by atoms with Crippen molar-refractivity contribution >= 4 is 17.2 Å². The summed E-state index contributed by atoms with van der Waals surface area (Å²) in [5.41, 5.74) is 6.64. The normalized spacial score (nSPS) is 18.7. The van der Waals surface area contributed by atoms with Gasteiger partial charge in [-0.2, -0.15) is 0 Å². The molecule has 0 saturated carbocycles. The van der Waals surface area contributed by atoms with Gasteiger partial charge >= 0.3 is 0 Å². The topological polar surface area (TPSA) is 21.7 Å². The van der Waals surface area contributed by atoms with Gasteiger partial charge in [0.25, 0.3) is 0 Å². The molecule has 0 amide bonds. The van der Waals surface area contributed by atoms with Crippen LogP contribution in [-0.2, 0) is 4.74 Å². The lowest BCUT2D eigenvalue weighted by Gasteiger charge is -2.26. The minimum atomic E-state index is 0.859. The number of morpholine rings is 1. The van der Waals surface area contributed by atoms with Crippen molar-refractivity contribution in [2.24, 2.45) is 0 Å². The van der Waals surface area contributed by atoms with Gasteiger partial charge in [-0.15, -0.1) is 0 Å². The molecule has 1 fully saturated rings. The third kappa shape index (κ3) is 3.74. The van der Waals surface area contributed by atoms with E-state index in [-0.39, 0.29) is 0 Å². The number of hydrogen-bond donors (Lipinski definition) is 0. The van der Waals surface area contributed by atoms with Gasteiger partial charge in [-0.05, 0) is 52.5 Å². The number of fused-ring (bicyclic) bond motifs is 1. The fourth-order valence-corrected chi connectivity index (χ4v) is 3.67. The molecule has 2 aromatic carbocycles. The monoisotopic (exact) mass is 347 g/mol. The highest BCUT2D eigenvalue weighted by Crippen LogP contribution is 2.38. The van der Waals surface area contributed by atoms with Crippen LogP contribution < -0.4 is 4.74 Å². The Morgan fingerprint density at radius 3 is 2.46 bits per heavy atom. The lowest BCUT2D eigenvalue weighted by atomic mass is 10.0. The second-order valence-corrected chi connectivity index (χ2v) is 6.79. The third-order valence-corrected chi connectivity index (χ3v) is 5.15. The van der Waals surface area contributed by atoms with E-state index in [0.717, 1.165) is 45.0 Å². The number of hydrogen-bond acceptors (Lipinski definition) is 3. The summed E-state index contributed by atoms with van der Waals surface area (Å²) in [5, 5.41) is 0. The molecule has 0 unspecified atom stereocenters. The molecule has 26 heavy (non-hydrogen) atoms. The first-order valence-corrected chi connectivity index (χ1v) is 9.30. The van der Waals surface area contributed by atoms with Gasteiger partial charge in [0.15, 0.2) is 0 Å². The van der Waals surface area contributed by atoms with Gasteiger partial charge in [0.05, 0.1) is 20.3 Å². The molecule has 0 N–H and O–H groups in total. The van der Waals surface area contributed by atoms with Gasteiger partial charge in [-0.25, -0.2) is 0 Å². The molecule has 2 aliphatic rings. The van der Waals surface area contributed by atoms with Crippen molar-refractivity contribution in [2.45, 2.75) is 6.42 Å². The average Bonchev–Trinajstić information content (AvgIpc) is 3.05. The summed E-state index contributed by atoms with van der Waals surface area (Å²) in [7, 11) is 1.70. The Hall–Kier alpha value is -2.36. The molecule has 4 rings (SSSR count). The summed E-state index contributed by atoms with van der Waals surface area (Å²) in [6, 6.07) is 17.0. The quantitative estimate of drug-likeness (QED) is 0.802. The van der Waals surface area contributed by atoms with Gasteiger partial charge in [0.1, 0.15) is 5.75 Å². The van der Waals surface area contributed by atoms with Gasteiger partial charge < -0.3 is 9.47 Å². The molecule has 0 bridgehead atoms. The maximum Gasteiger partial charge on any atom is 0.118 e. The first kappa shape index (κ1) is 17.1. The second kappa shape index (κ2) is 7.90. The van der Waals surface area contributed by atoms with E-state index in [1.165, 1.54) is 27.8 Å². The van der Waals surface area contributed by atoms with E-state index >= 15 is 0 Å². The Labute approximate surface area is 155 Å². The van der Waals surface area contributed by atoms with Crippen LogP contribution in [-0.4, -0.2) is 44.9 Å². The van der Waals surface area contributed by atoms with E-state index in [4.69, 9.17) is 9.47 Å². The van der Waals surface area contributed by atoms with Crippen LogP contribution in [0.4, 0.5) is 0 Å². The zero-order valence-electron chi connectivity index (χ0n) is 15.3. The minimum absolute atomic E-state index is 0.859. The maximum absolute atomic E-state index is 5.45. The molecule has 3 heteroatoms. The van der Waals surface area contributed by atoms with E-state index in [0.29, 0.717) is 0 Å². The minimum Gasteiger partial charge on any atom is -0.497 e. The number of methoxy groups -OCH3 is 1. The van der Waals surface area contributed by atoms with Crippen LogP contribution in [0.25, 0.3) is 17.2 Å². The lowest BCUT2D eigenvalue weighted by molar-refractivity contribution is 0.0390. The second-order valence-electron chi connectivity index (χ2n) is 6.79. The molecule has 0 aromatic heterocycles. The molecule has 0 spiro atoms. The summed E-state index contributed by atoms with van der Waals surface area (Å²) in [4.78, 5) is 2.50. The van der Waals surface area contributed by atoms with Crippen LogP contribution in [0.1, 0.15) is 23.1 Å². The molecule has 134 valence electrons. The molecule has 0 radical (unpaired) electrons.